The van der Waals surface area contributed by atoms with Gasteiger partial charge in [0.2, 0.25) is 0 Å². The first-order chi connectivity index (χ1) is 4.54. The van der Waals surface area contributed by atoms with Crippen molar-refractivity contribution in [3.05, 3.63) is 16.0 Å². The lowest BCUT2D eigenvalue weighted by molar-refractivity contribution is 0.257. The Labute approximate surface area is 56.8 Å². The van der Waals surface area contributed by atoms with Crippen molar-refractivity contribution >= 4 is 16.5 Å². The van der Waals surface area contributed by atoms with E-state index >= 15 is 0 Å². The zero-order chi connectivity index (χ0) is 8.57. The standard InChI is InChI=1S/CH2N2O3S.N3/c2-1(4)3-7(5)6;1-3-2/h(H2,2,4);/q;-1. The van der Waals surface area contributed by atoms with Gasteiger partial charge in [0.15, 0.2) is 0 Å². The molecule has 0 radical (unpaired) electrons. The minimum atomic E-state index is -2.70. The summed E-state index contributed by atoms with van der Waals surface area (Å²) in [5.41, 5.74) is 17.8. The molecule has 0 unspecified atom stereocenters. The molecule has 0 saturated heterocycles. The summed E-state index contributed by atoms with van der Waals surface area (Å²) >= 11 is 0. The number of nitrogens with zero attached hydrogens (tertiary/aromatic N) is 4. The molecule has 0 aromatic carbocycles. The van der Waals surface area contributed by atoms with Crippen molar-refractivity contribution in [3.8, 4) is 0 Å². The van der Waals surface area contributed by atoms with Gasteiger partial charge in [-0.1, -0.05) is 4.36 Å². The van der Waals surface area contributed by atoms with Crippen LogP contribution in [-0.2, 0) is 10.5 Å². The summed E-state index contributed by atoms with van der Waals surface area (Å²) in [5, 5.41) is 0. The Kier molecular flexibility index (Phi) is 8.31. The SMILES string of the molecule is NC(=O)N=S(=O)=O.[N-]=[N+]=[N-]. The number of primary amides is 1. The topological polar surface area (TPSA) is 148 Å². The van der Waals surface area contributed by atoms with Crippen LogP contribution in [0.1, 0.15) is 0 Å². The Morgan fingerprint density at radius 3 is 1.80 bits per heavy atom. The van der Waals surface area contributed by atoms with Crippen molar-refractivity contribution < 1.29 is 13.2 Å². The summed E-state index contributed by atoms with van der Waals surface area (Å²) in [6, 6.07) is -1.20. The molecule has 0 aliphatic carbocycles. The summed E-state index contributed by atoms with van der Waals surface area (Å²) in [5.74, 6) is 0. The van der Waals surface area contributed by atoms with Gasteiger partial charge in [-0.2, -0.15) is 8.42 Å². The van der Waals surface area contributed by atoms with Gasteiger partial charge in [-0.15, -0.1) is 0 Å². The molecule has 0 atom stereocenters. The molecule has 0 aliphatic rings. The number of carbonyl (C=O) groups excluding carboxylic acids is 1. The highest BCUT2D eigenvalue weighted by atomic mass is 32.2. The van der Waals surface area contributed by atoms with Crippen molar-refractivity contribution in [2.75, 3.05) is 0 Å². The van der Waals surface area contributed by atoms with E-state index in [1.807, 2.05) is 0 Å². The predicted molar refractivity (Wildman–Crippen MR) is 31.0 cm³/mol. The van der Waals surface area contributed by atoms with Gasteiger partial charge in [0.05, 0.1) is 0 Å². The Morgan fingerprint density at radius 1 is 1.50 bits per heavy atom. The van der Waals surface area contributed by atoms with E-state index in [4.69, 9.17) is 11.1 Å². The van der Waals surface area contributed by atoms with Gasteiger partial charge >= 0.3 is 16.5 Å². The van der Waals surface area contributed by atoms with Crippen LogP contribution in [0.4, 0.5) is 4.79 Å². The van der Waals surface area contributed by atoms with Gasteiger partial charge in [0.1, 0.15) is 0 Å². The lowest BCUT2D eigenvalue weighted by Gasteiger charge is -1.64. The third-order valence-corrected chi connectivity index (χ3v) is 0.494. The highest BCUT2D eigenvalue weighted by molar-refractivity contribution is 7.62. The minimum Gasteiger partial charge on any atom is -0.373 e. The summed E-state index contributed by atoms with van der Waals surface area (Å²) in [6.07, 6.45) is 0. The summed E-state index contributed by atoms with van der Waals surface area (Å²) in [6.45, 7) is 0. The van der Waals surface area contributed by atoms with Gasteiger partial charge < -0.3 is 16.8 Å². The fourth-order valence-corrected chi connectivity index (χ4v) is 0.220. The molecule has 10 heavy (non-hydrogen) atoms. The lowest BCUT2D eigenvalue weighted by atomic mass is 11.2. The summed E-state index contributed by atoms with van der Waals surface area (Å²) in [4.78, 5) is 11.0. The minimum absolute atomic E-state index is 1.20. The first-order valence-electron chi connectivity index (χ1n) is 1.63. The van der Waals surface area contributed by atoms with Gasteiger partial charge in [-0.3, -0.25) is 4.91 Å². The monoisotopic (exact) mass is 164 g/mol. The molecule has 2 amide bonds. The average Bonchev–Trinajstić information content (AvgIpc) is 1.62. The third kappa shape index (κ3) is 32.4. The maximum atomic E-state index is 9.47. The number of amides is 2. The quantitative estimate of drug-likeness (QED) is 0.304. The Hall–Kier alpha value is -1.60. The summed E-state index contributed by atoms with van der Waals surface area (Å²) in [7, 11) is -2.70. The fraction of sp³-hybridized carbons (Fsp3) is 0. The normalized spacial score (nSPS) is 6.00. The molecule has 8 nitrogen and oxygen atoms in total. The predicted octanol–water partition coefficient (Wildman–Crippen LogP) is -0.00610. The molecule has 0 saturated carbocycles. The van der Waals surface area contributed by atoms with E-state index in [-0.39, 0.29) is 0 Å². The van der Waals surface area contributed by atoms with Crippen molar-refractivity contribution in [3.63, 3.8) is 0 Å². The van der Waals surface area contributed by atoms with Crippen LogP contribution < -0.4 is 5.73 Å². The van der Waals surface area contributed by atoms with Crippen molar-refractivity contribution in [2.24, 2.45) is 10.1 Å². The molecule has 0 spiro atoms. The Morgan fingerprint density at radius 2 is 1.80 bits per heavy atom. The van der Waals surface area contributed by atoms with Crippen molar-refractivity contribution in [1.29, 1.82) is 0 Å². The number of rotatable bonds is 0. The fourth-order valence-electron chi connectivity index (χ4n) is 0.0735. The zero-order valence-corrected chi connectivity index (χ0v) is 5.32. The molecule has 0 fully saturated rings. The van der Waals surface area contributed by atoms with E-state index < -0.39 is 16.5 Å². The largest absolute Gasteiger partial charge is 0.373 e. The average molecular weight is 164 g/mol. The number of urea groups is 1. The van der Waals surface area contributed by atoms with E-state index in [9.17, 15) is 13.2 Å². The lowest BCUT2D eigenvalue weighted by Crippen LogP contribution is -2.02. The van der Waals surface area contributed by atoms with Crippen LogP contribution in [0.25, 0.3) is 16.0 Å². The van der Waals surface area contributed by atoms with Crippen LogP contribution in [0.2, 0.25) is 0 Å². The molecule has 0 aliphatic heterocycles. The van der Waals surface area contributed by atoms with Crippen LogP contribution in [0.5, 0.6) is 0 Å². The zero-order valence-electron chi connectivity index (χ0n) is 4.50. The molecule has 0 bridgehead atoms. The molecule has 2 N–H and O–H groups in total. The second kappa shape index (κ2) is 7.40. The number of carbonyl (C=O) groups is 1. The smallest absolute Gasteiger partial charge is 0.353 e. The van der Waals surface area contributed by atoms with E-state index in [1.165, 1.54) is 4.91 Å². The van der Waals surface area contributed by atoms with E-state index in [0.717, 1.165) is 0 Å². The second-order valence-corrected chi connectivity index (χ2v) is 1.35. The van der Waals surface area contributed by atoms with Crippen LogP contribution in [-0.4, -0.2) is 14.4 Å². The van der Waals surface area contributed by atoms with Gasteiger partial charge in [-0.05, 0) is 0 Å². The van der Waals surface area contributed by atoms with E-state index in [2.05, 4.69) is 10.1 Å². The van der Waals surface area contributed by atoms with Crippen LogP contribution in [0.15, 0.2) is 4.36 Å². The van der Waals surface area contributed by atoms with E-state index in [1.54, 1.807) is 0 Å². The maximum Gasteiger partial charge on any atom is 0.353 e. The number of hydrogen-bond acceptors (Lipinski definition) is 3. The second-order valence-electron chi connectivity index (χ2n) is 0.736. The summed E-state index contributed by atoms with van der Waals surface area (Å²) < 4.78 is 21.0. The Bertz CT molecular complexity index is 249. The van der Waals surface area contributed by atoms with Crippen LogP contribution in [0.3, 0.4) is 0 Å². The van der Waals surface area contributed by atoms with Crippen molar-refractivity contribution in [2.45, 2.75) is 0 Å². The van der Waals surface area contributed by atoms with Gasteiger partial charge in [0, 0.05) is 0 Å². The number of nitrogens with two attached hydrogens (primary N) is 1. The first-order valence-corrected chi connectivity index (χ1v) is 2.66. The van der Waals surface area contributed by atoms with Gasteiger partial charge in [-0.25, -0.2) is 4.79 Å². The molecule has 0 aromatic heterocycles. The molecular weight excluding hydrogens is 162 g/mol. The Balaban J connectivity index is 0. The van der Waals surface area contributed by atoms with Gasteiger partial charge in [0.25, 0.3) is 0 Å². The van der Waals surface area contributed by atoms with Crippen LogP contribution >= 0.6 is 0 Å². The van der Waals surface area contributed by atoms with E-state index in [0.29, 0.717) is 0 Å². The maximum absolute atomic E-state index is 9.47. The van der Waals surface area contributed by atoms with Crippen LogP contribution in [0, 0.1) is 0 Å². The highest BCUT2D eigenvalue weighted by Crippen LogP contribution is 1.60. The molecule has 56 valence electrons. The third-order valence-electron chi connectivity index (χ3n) is 0.165. The molecule has 9 heteroatoms. The molecule has 0 heterocycles. The first kappa shape index (κ1) is 11.2. The van der Waals surface area contributed by atoms with Crippen molar-refractivity contribution in [1.82, 2.24) is 0 Å². The number of hydrogen-bond donors (Lipinski definition) is 1. The molecule has 0 aromatic rings. The molecular formula is CH2N5O3S-. The molecule has 0 rings (SSSR count). The highest BCUT2D eigenvalue weighted by Gasteiger charge is 1.80.